The van der Waals surface area contributed by atoms with Crippen molar-refractivity contribution in [1.82, 2.24) is 5.32 Å². The first-order chi connectivity index (χ1) is 17.0. The maximum Gasteiger partial charge on any atom is 0.335 e. The van der Waals surface area contributed by atoms with Gasteiger partial charge in [0, 0.05) is 36.0 Å². The Labute approximate surface area is 207 Å². The van der Waals surface area contributed by atoms with Crippen LogP contribution in [-0.2, 0) is 16.0 Å². The van der Waals surface area contributed by atoms with Crippen molar-refractivity contribution in [3.05, 3.63) is 89.4 Å². The zero-order valence-corrected chi connectivity index (χ0v) is 19.6. The number of urea groups is 1. The zero-order valence-electron chi connectivity index (χ0n) is 18.9. The highest BCUT2D eigenvalue weighted by Gasteiger charge is 2.63. The fourth-order valence-corrected chi connectivity index (χ4v) is 5.78. The molecule has 176 valence electrons. The molecular formula is C27H23ClN4O3. The van der Waals surface area contributed by atoms with Crippen LogP contribution in [0.1, 0.15) is 5.56 Å². The number of halogens is 1. The van der Waals surface area contributed by atoms with Gasteiger partial charge in [0.1, 0.15) is 0 Å². The molecule has 3 aliphatic rings. The minimum absolute atomic E-state index is 0.222. The summed E-state index contributed by atoms with van der Waals surface area (Å²) in [5.74, 6) is -1.03. The van der Waals surface area contributed by atoms with Gasteiger partial charge in [0.15, 0.2) is 5.41 Å². The molecular weight excluding hydrogens is 464 g/mol. The van der Waals surface area contributed by atoms with Crippen molar-refractivity contribution < 1.29 is 14.4 Å². The van der Waals surface area contributed by atoms with E-state index in [0.29, 0.717) is 23.8 Å². The third kappa shape index (κ3) is 3.30. The number of imide groups is 2. The van der Waals surface area contributed by atoms with Gasteiger partial charge in [-0.3, -0.25) is 14.9 Å². The molecule has 6 rings (SSSR count). The Kier molecular flexibility index (Phi) is 5.04. The number of hydrogen-bond donors (Lipinski definition) is 1. The van der Waals surface area contributed by atoms with Crippen molar-refractivity contribution in [1.29, 1.82) is 0 Å². The van der Waals surface area contributed by atoms with Gasteiger partial charge in [0.2, 0.25) is 5.91 Å². The molecule has 2 fully saturated rings. The van der Waals surface area contributed by atoms with Crippen LogP contribution in [0, 0.1) is 5.41 Å². The van der Waals surface area contributed by atoms with Crippen molar-refractivity contribution in [2.45, 2.75) is 12.5 Å². The first kappa shape index (κ1) is 21.7. The van der Waals surface area contributed by atoms with Crippen molar-refractivity contribution >= 4 is 46.5 Å². The fraction of sp³-hybridized carbons (Fsp3) is 0.222. The standard InChI is InChI=1S/C27H23ClN4O3/c28-19-10-12-20(13-11-19)30-14-15-31-22-9-5-4-6-18(22)16-27(23(31)17-30)24(33)29-26(35)32(25(27)34)21-7-2-1-3-8-21/h1-13,23H,14-17H2,(H,29,33,35)/t23-,27+/m1/s1. The minimum Gasteiger partial charge on any atom is -0.368 e. The molecule has 4 amide bonds. The number of barbiturate groups is 1. The van der Waals surface area contributed by atoms with Gasteiger partial charge in [-0.05, 0) is 54.4 Å². The first-order valence-electron chi connectivity index (χ1n) is 11.6. The van der Waals surface area contributed by atoms with Crippen LogP contribution in [0.4, 0.5) is 21.9 Å². The van der Waals surface area contributed by atoms with Gasteiger partial charge in [-0.2, -0.15) is 0 Å². The van der Waals surface area contributed by atoms with Gasteiger partial charge in [-0.25, -0.2) is 9.69 Å². The quantitative estimate of drug-likeness (QED) is 0.557. The van der Waals surface area contributed by atoms with Crippen molar-refractivity contribution in [2.75, 3.05) is 34.3 Å². The molecule has 3 aromatic carbocycles. The second-order valence-electron chi connectivity index (χ2n) is 9.14. The minimum atomic E-state index is -1.46. The number of amides is 4. The van der Waals surface area contributed by atoms with E-state index in [2.05, 4.69) is 15.1 Å². The molecule has 35 heavy (non-hydrogen) atoms. The summed E-state index contributed by atoms with van der Waals surface area (Å²) in [6, 6.07) is 23.1. The summed E-state index contributed by atoms with van der Waals surface area (Å²) in [6.07, 6.45) is 0.222. The number of para-hydroxylation sites is 2. The summed E-state index contributed by atoms with van der Waals surface area (Å²) < 4.78 is 0. The summed E-state index contributed by atoms with van der Waals surface area (Å²) in [7, 11) is 0. The monoisotopic (exact) mass is 486 g/mol. The topological polar surface area (TPSA) is 73.0 Å². The number of carbonyl (C=O) groups is 3. The van der Waals surface area contributed by atoms with Crippen LogP contribution < -0.4 is 20.0 Å². The van der Waals surface area contributed by atoms with E-state index in [4.69, 9.17) is 11.6 Å². The zero-order chi connectivity index (χ0) is 24.2. The second-order valence-corrected chi connectivity index (χ2v) is 9.58. The van der Waals surface area contributed by atoms with Gasteiger partial charge in [-0.1, -0.05) is 48.0 Å². The largest absolute Gasteiger partial charge is 0.368 e. The predicted molar refractivity (Wildman–Crippen MR) is 135 cm³/mol. The lowest BCUT2D eigenvalue weighted by molar-refractivity contribution is -0.144. The average Bonchev–Trinajstić information content (AvgIpc) is 2.88. The molecule has 3 aliphatic heterocycles. The highest BCUT2D eigenvalue weighted by atomic mass is 35.5. The van der Waals surface area contributed by atoms with E-state index >= 15 is 0 Å². The molecule has 2 saturated heterocycles. The lowest BCUT2D eigenvalue weighted by Gasteiger charge is -2.55. The smallest absolute Gasteiger partial charge is 0.335 e. The molecule has 0 aliphatic carbocycles. The number of hydrogen-bond acceptors (Lipinski definition) is 5. The molecule has 0 saturated carbocycles. The lowest BCUT2D eigenvalue weighted by atomic mass is 9.67. The molecule has 7 nitrogen and oxygen atoms in total. The van der Waals surface area contributed by atoms with E-state index in [9.17, 15) is 14.4 Å². The van der Waals surface area contributed by atoms with Crippen LogP contribution in [0.25, 0.3) is 0 Å². The number of piperazine rings is 1. The van der Waals surface area contributed by atoms with Gasteiger partial charge in [0.25, 0.3) is 5.91 Å². The van der Waals surface area contributed by atoms with Crippen molar-refractivity contribution in [2.24, 2.45) is 5.41 Å². The van der Waals surface area contributed by atoms with Crippen molar-refractivity contribution in [3.8, 4) is 0 Å². The van der Waals surface area contributed by atoms with Crippen LogP contribution in [0.2, 0.25) is 5.02 Å². The Morgan fingerprint density at radius 3 is 2.31 bits per heavy atom. The van der Waals surface area contributed by atoms with Crippen molar-refractivity contribution in [3.63, 3.8) is 0 Å². The van der Waals surface area contributed by atoms with E-state index in [1.165, 1.54) is 0 Å². The number of fused-ring (bicyclic) bond motifs is 4. The highest BCUT2D eigenvalue weighted by molar-refractivity contribution is 6.31. The molecule has 0 aromatic heterocycles. The summed E-state index contributed by atoms with van der Waals surface area (Å²) in [4.78, 5) is 46.3. The molecule has 0 bridgehead atoms. The fourth-order valence-electron chi connectivity index (χ4n) is 5.65. The number of anilines is 3. The maximum absolute atomic E-state index is 14.3. The number of carbonyl (C=O) groups excluding carboxylic acids is 3. The Bertz CT molecular complexity index is 1330. The van der Waals surface area contributed by atoms with Crippen LogP contribution in [0.5, 0.6) is 0 Å². The number of benzene rings is 3. The highest BCUT2D eigenvalue weighted by Crippen LogP contribution is 2.46. The summed E-state index contributed by atoms with van der Waals surface area (Å²) in [5, 5.41) is 3.16. The molecule has 1 N–H and O–H groups in total. The Hall–Kier alpha value is -3.84. The van der Waals surface area contributed by atoms with Gasteiger partial charge in [-0.15, -0.1) is 0 Å². The van der Waals surface area contributed by atoms with E-state index in [1.807, 2.05) is 54.6 Å². The lowest BCUT2D eigenvalue weighted by Crippen LogP contribution is -2.75. The Morgan fingerprint density at radius 2 is 1.54 bits per heavy atom. The molecule has 2 atom stereocenters. The number of nitrogens with zero attached hydrogens (tertiary/aromatic N) is 3. The van der Waals surface area contributed by atoms with Crippen LogP contribution in [0.3, 0.4) is 0 Å². The van der Waals surface area contributed by atoms with E-state index in [0.717, 1.165) is 28.4 Å². The number of rotatable bonds is 2. The van der Waals surface area contributed by atoms with Gasteiger partial charge < -0.3 is 9.80 Å². The Balaban J connectivity index is 1.48. The maximum atomic E-state index is 14.3. The van der Waals surface area contributed by atoms with E-state index in [1.54, 1.807) is 24.3 Å². The van der Waals surface area contributed by atoms with E-state index in [-0.39, 0.29) is 6.42 Å². The molecule has 3 aromatic rings. The molecule has 8 heteroatoms. The molecule has 3 heterocycles. The molecule has 0 unspecified atom stereocenters. The Morgan fingerprint density at radius 1 is 0.829 bits per heavy atom. The third-order valence-corrected chi connectivity index (χ3v) is 7.59. The average molecular weight is 487 g/mol. The molecule has 0 radical (unpaired) electrons. The summed E-state index contributed by atoms with van der Waals surface area (Å²) >= 11 is 6.10. The first-order valence-corrected chi connectivity index (χ1v) is 12.0. The molecule has 1 spiro atoms. The summed E-state index contributed by atoms with van der Waals surface area (Å²) in [5.41, 5.74) is 1.92. The van der Waals surface area contributed by atoms with Crippen LogP contribution in [-0.4, -0.2) is 43.5 Å². The van der Waals surface area contributed by atoms with Crippen LogP contribution in [0.15, 0.2) is 78.9 Å². The second kappa shape index (κ2) is 8.13. The number of nitrogens with one attached hydrogen (secondary N) is 1. The van der Waals surface area contributed by atoms with E-state index < -0.39 is 29.3 Å². The predicted octanol–water partition coefficient (Wildman–Crippen LogP) is 3.86. The van der Waals surface area contributed by atoms with Crippen LogP contribution >= 0.6 is 11.6 Å². The SMILES string of the molecule is O=C1NC(=O)[C@@]2(Cc3ccccc3N3CCN(c4ccc(Cl)cc4)C[C@@H]32)C(=O)N1c1ccccc1. The normalized spacial score (nSPS) is 23.7. The third-order valence-electron chi connectivity index (χ3n) is 7.34. The van der Waals surface area contributed by atoms with Gasteiger partial charge >= 0.3 is 6.03 Å². The van der Waals surface area contributed by atoms with Gasteiger partial charge in [0.05, 0.1) is 11.7 Å². The summed E-state index contributed by atoms with van der Waals surface area (Å²) in [6.45, 7) is 1.80.